The number of hydrogen-bond donors (Lipinski definition) is 0. The third kappa shape index (κ3) is 5.76. The third-order valence-corrected chi connectivity index (χ3v) is 5.84. The summed E-state index contributed by atoms with van der Waals surface area (Å²) in [7, 11) is 3.16. The molecule has 38 heavy (non-hydrogen) atoms. The Morgan fingerprint density at radius 3 is 2.47 bits per heavy atom. The Hall–Kier alpha value is -4.44. The van der Waals surface area contributed by atoms with Gasteiger partial charge in [-0.1, -0.05) is 12.1 Å². The summed E-state index contributed by atoms with van der Waals surface area (Å²) in [4.78, 5) is 25.4. The highest BCUT2D eigenvalue weighted by Crippen LogP contribution is 2.47. The molecule has 1 aliphatic rings. The van der Waals surface area contributed by atoms with Gasteiger partial charge in [0.2, 0.25) is 17.5 Å². The number of Topliss-reactive ketones (excluding diaryl/α,β-unsaturated/α-hetero) is 1. The third-order valence-electron chi connectivity index (χ3n) is 5.84. The monoisotopic (exact) mass is 517 g/mol. The maximum Gasteiger partial charge on any atom is 0.234 e. The predicted molar refractivity (Wildman–Crippen MR) is 138 cm³/mol. The van der Waals surface area contributed by atoms with Gasteiger partial charge in [0.25, 0.3) is 0 Å². The number of aromatic nitrogens is 3. The molecule has 196 valence electrons. The standard InChI is InChI=1S/C28H27N3O7/c1-33-9-10-35-23-16-22-25(27-26(23)36-11-12-37-27)28(31-17-30-22)38-21-5-3-18(4-6-21)13-20(32)14-19-7-8-29-24(15-19)34-2/h3-8,15-17H,9-14H2,1-2H3. The van der Waals surface area contributed by atoms with Crippen molar-refractivity contribution in [2.24, 2.45) is 0 Å². The van der Waals surface area contributed by atoms with Crippen molar-refractivity contribution in [2.45, 2.75) is 12.8 Å². The fourth-order valence-electron chi connectivity index (χ4n) is 4.08. The minimum atomic E-state index is 0.0843. The highest BCUT2D eigenvalue weighted by atomic mass is 16.6. The summed E-state index contributed by atoms with van der Waals surface area (Å²) in [6.45, 7) is 1.58. The zero-order chi connectivity index (χ0) is 26.3. The van der Waals surface area contributed by atoms with Crippen LogP contribution >= 0.6 is 0 Å². The second-order valence-corrected chi connectivity index (χ2v) is 8.49. The number of benzene rings is 2. The summed E-state index contributed by atoms with van der Waals surface area (Å²) in [6.07, 6.45) is 3.65. The smallest absolute Gasteiger partial charge is 0.234 e. The van der Waals surface area contributed by atoms with Crippen molar-refractivity contribution in [3.05, 3.63) is 66.1 Å². The van der Waals surface area contributed by atoms with E-state index in [1.54, 1.807) is 44.7 Å². The Kier molecular flexibility index (Phi) is 7.79. The molecular weight excluding hydrogens is 490 g/mol. The Labute approximate surface area is 219 Å². The molecule has 0 saturated carbocycles. The maximum absolute atomic E-state index is 12.6. The van der Waals surface area contributed by atoms with E-state index in [-0.39, 0.29) is 5.78 Å². The molecule has 5 rings (SSSR count). The van der Waals surface area contributed by atoms with E-state index in [1.165, 1.54) is 6.33 Å². The lowest BCUT2D eigenvalue weighted by molar-refractivity contribution is -0.117. The summed E-state index contributed by atoms with van der Waals surface area (Å²) in [5, 5.41) is 0.591. The minimum Gasteiger partial charge on any atom is -0.487 e. The van der Waals surface area contributed by atoms with Crippen LogP contribution in [0.4, 0.5) is 0 Å². The molecule has 0 amide bonds. The Balaban J connectivity index is 1.32. The molecule has 2 aromatic heterocycles. The highest BCUT2D eigenvalue weighted by Gasteiger charge is 2.25. The van der Waals surface area contributed by atoms with Crippen LogP contribution in [0, 0.1) is 0 Å². The van der Waals surface area contributed by atoms with Crippen molar-refractivity contribution in [1.82, 2.24) is 15.0 Å². The van der Waals surface area contributed by atoms with Crippen LogP contribution in [0.5, 0.6) is 34.8 Å². The van der Waals surface area contributed by atoms with Crippen molar-refractivity contribution in [1.29, 1.82) is 0 Å². The lowest BCUT2D eigenvalue weighted by Gasteiger charge is -2.23. The zero-order valence-electron chi connectivity index (χ0n) is 21.1. The highest BCUT2D eigenvalue weighted by molar-refractivity contribution is 5.94. The van der Waals surface area contributed by atoms with E-state index in [9.17, 15) is 4.79 Å². The van der Waals surface area contributed by atoms with Gasteiger partial charge in [0.15, 0.2) is 11.5 Å². The van der Waals surface area contributed by atoms with Gasteiger partial charge in [-0.2, -0.15) is 0 Å². The van der Waals surface area contributed by atoms with Crippen molar-refractivity contribution < 1.29 is 33.2 Å². The molecule has 10 heteroatoms. The van der Waals surface area contributed by atoms with Crippen LogP contribution in [-0.4, -0.2) is 61.4 Å². The second kappa shape index (κ2) is 11.7. The van der Waals surface area contributed by atoms with Crippen LogP contribution in [0.15, 0.2) is 55.0 Å². The molecule has 4 aromatic rings. The first-order valence-electron chi connectivity index (χ1n) is 12.1. The van der Waals surface area contributed by atoms with Gasteiger partial charge >= 0.3 is 0 Å². The molecule has 1 aliphatic heterocycles. The average Bonchev–Trinajstić information content (AvgIpc) is 2.94. The number of pyridine rings is 1. The SMILES string of the molecule is COCCOc1cc2ncnc(Oc3ccc(CC(=O)Cc4ccnc(OC)c4)cc3)c2c2c1OCCO2. The largest absolute Gasteiger partial charge is 0.487 e. The fraction of sp³-hybridized carbons (Fsp3) is 0.286. The number of nitrogens with zero attached hydrogens (tertiary/aromatic N) is 3. The van der Waals surface area contributed by atoms with Gasteiger partial charge < -0.3 is 28.4 Å². The molecule has 2 aromatic carbocycles. The molecular formula is C28H27N3O7. The van der Waals surface area contributed by atoms with Gasteiger partial charge in [0, 0.05) is 38.3 Å². The molecule has 0 saturated heterocycles. The second-order valence-electron chi connectivity index (χ2n) is 8.49. The van der Waals surface area contributed by atoms with Crippen LogP contribution in [0.3, 0.4) is 0 Å². The van der Waals surface area contributed by atoms with Gasteiger partial charge in [0.1, 0.15) is 43.1 Å². The van der Waals surface area contributed by atoms with E-state index in [0.717, 1.165) is 11.1 Å². The normalized spacial score (nSPS) is 12.3. The van der Waals surface area contributed by atoms with Crippen molar-refractivity contribution in [3.63, 3.8) is 0 Å². The van der Waals surface area contributed by atoms with Gasteiger partial charge in [-0.05, 0) is 29.3 Å². The molecule has 0 unspecified atom stereocenters. The first-order valence-corrected chi connectivity index (χ1v) is 12.1. The van der Waals surface area contributed by atoms with E-state index < -0.39 is 0 Å². The number of methoxy groups -OCH3 is 2. The Morgan fingerprint density at radius 1 is 0.895 bits per heavy atom. The van der Waals surface area contributed by atoms with E-state index in [4.69, 9.17) is 28.4 Å². The van der Waals surface area contributed by atoms with Gasteiger partial charge in [-0.15, -0.1) is 0 Å². The quantitative estimate of drug-likeness (QED) is 0.271. The molecule has 0 radical (unpaired) electrons. The minimum absolute atomic E-state index is 0.0843. The fourth-order valence-corrected chi connectivity index (χ4v) is 4.08. The summed E-state index contributed by atoms with van der Waals surface area (Å²) in [5.41, 5.74) is 2.34. The number of fused-ring (bicyclic) bond motifs is 3. The maximum atomic E-state index is 12.6. The van der Waals surface area contributed by atoms with Crippen LogP contribution in [-0.2, 0) is 22.4 Å². The zero-order valence-corrected chi connectivity index (χ0v) is 21.1. The Bertz CT molecular complexity index is 1430. The molecule has 0 atom stereocenters. The molecule has 0 fully saturated rings. The first-order chi connectivity index (χ1) is 18.6. The van der Waals surface area contributed by atoms with Gasteiger partial charge in [-0.25, -0.2) is 15.0 Å². The van der Waals surface area contributed by atoms with E-state index in [1.807, 2.05) is 18.2 Å². The summed E-state index contributed by atoms with van der Waals surface area (Å²) < 4.78 is 34.0. The van der Waals surface area contributed by atoms with Crippen molar-refractivity contribution >= 4 is 16.7 Å². The first kappa shape index (κ1) is 25.2. The van der Waals surface area contributed by atoms with Gasteiger partial charge in [-0.3, -0.25) is 4.79 Å². The van der Waals surface area contributed by atoms with Crippen LogP contribution < -0.4 is 23.7 Å². The molecule has 3 heterocycles. The van der Waals surface area contributed by atoms with Crippen LogP contribution in [0.25, 0.3) is 10.9 Å². The number of carbonyl (C=O) groups is 1. The van der Waals surface area contributed by atoms with Crippen molar-refractivity contribution in [3.8, 4) is 34.8 Å². The van der Waals surface area contributed by atoms with Gasteiger partial charge in [0.05, 0.1) is 19.2 Å². The molecule has 0 bridgehead atoms. The Morgan fingerprint density at radius 2 is 1.68 bits per heavy atom. The summed E-state index contributed by atoms with van der Waals surface area (Å²) >= 11 is 0. The summed E-state index contributed by atoms with van der Waals surface area (Å²) in [6, 6.07) is 12.7. The topological polar surface area (TPSA) is 111 Å². The number of ether oxygens (including phenoxy) is 6. The van der Waals surface area contributed by atoms with E-state index >= 15 is 0 Å². The predicted octanol–water partition coefficient (Wildman–Crippen LogP) is 3.98. The lowest BCUT2D eigenvalue weighted by atomic mass is 10.0. The molecule has 0 spiro atoms. The number of hydrogen-bond acceptors (Lipinski definition) is 10. The van der Waals surface area contributed by atoms with E-state index in [0.29, 0.717) is 84.9 Å². The number of carbonyl (C=O) groups excluding carboxylic acids is 1. The molecule has 0 N–H and O–H groups in total. The van der Waals surface area contributed by atoms with Crippen LogP contribution in [0.1, 0.15) is 11.1 Å². The molecule has 0 aliphatic carbocycles. The lowest BCUT2D eigenvalue weighted by Crippen LogP contribution is -2.17. The average molecular weight is 518 g/mol. The number of rotatable bonds is 11. The van der Waals surface area contributed by atoms with Crippen LogP contribution in [0.2, 0.25) is 0 Å². The van der Waals surface area contributed by atoms with Crippen molar-refractivity contribution in [2.75, 3.05) is 40.6 Å². The summed E-state index contributed by atoms with van der Waals surface area (Å²) in [5.74, 6) is 2.95. The van der Waals surface area contributed by atoms with E-state index in [2.05, 4.69) is 15.0 Å². The number of ketones is 1. The molecule has 10 nitrogen and oxygen atoms in total.